The van der Waals surface area contributed by atoms with Crippen molar-refractivity contribution in [2.45, 2.75) is 32.6 Å². The second-order valence-corrected chi connectivity index (χ2v) is 7.37. The van der Waals surface area contributed by atoms with Crippen LogP contribution in [0.1, 0.15) is 41.1 Å². The average Bonchev–Trinajstić information content (AvgIpc) is 3.24. The molecule has 2 aromatic heterocycles. The van der Waals surface area contributed by atoms with Gasteiger partial charge < -0.3 is 15.1 Å². The summed E-state index contributed by atoms with van der Waals surface area (Å²) in [7, 11) is 0. The number of halogens is 2. The Labute approximate surface area is 180 Å². The van der Waals surface area contributed by atoms with E-state index in [1.165, 1.54) is 30.4 Å². The van der Waals surface area contributed by atoms with Crippen molar-refractivity contribution in [3.05, 3.63) is 34.7 Å². The number of nitrogens with one attached hydrogen (secondary N) is 3. The van der Waals surface area contributed by atoms with Gasteiger partial charge in [0.05, 0.1) is 23.9 Å². The smallest absolute Gasteiger partial charge is 0.260 e. The number of furan rings is 1. The minimum Gasteiger partial charge on any atom is -0.469 e. The maximum Gasteiger partial charge on any atom is 0.260 e. The number of piperidine rings is 1. The number of aromatic nitrogens is 1. The maximum atomic E-state index is 12.1. The molecule has 1 fully saturated rings. The van der Waals surface area contributed by atoms with Crippen LogP contribution in [0.25, 0.3) is 0 Å². The number of carbonyl (C=O) groups excluding carboxylic acids is 2. The Morgan fingerprint density at radius 2 is 2.21 bits per heavy atom. The molecule has 3 N–H and O–H groups in total. The molecule has 3 rings (SSSR count). The van der Waals surface area contributed by atoms with Crippen LogP contribution in [0.4, 0.5) is 5.13 Å². The molecular formula is C18H26Cl2N4O3S. The van der Waals surface area contributed by atoms with Gasteiger partial charge in [0, 0.05) is 11.9 Å². The van der Waals surface area contributed by atoms with Crippen LogP contribution < -0.4 is 16.0 Å². The molecule has 7 nitrogen and oxygen atoms in total. The molecule has 1 unspecified atom stereocenters. The number of hydrogen-bond acceptors (Lipinski definition) is 6. The minimum atomic E-state index is -0.261. The number of rotatable bonds is 7. The predicted molar refractivity (Wildman–Crippen MR) is 115 cm³/mol. The summed E-state index contributed by atoms with van der Waals surface area (Å²) in [4.78, 5) is 28.5. The van der Waals surface area contributed by atoms with E-state index in [9.17, 15) is 9.59 Å². The normalized spacial score (nSPS) is 15.8. The number of carbonyl (C=O) groups is 2. The summed E-state index contributed by atoms with van der Waals surface area (Å²) in [6.45, 7) is 4.57. The van der Waals surface area contributed by atoms with Crippen molar-refractivity contribution < 1.29 is 14.0 Å². The Hall–Kier alpha value is -1.61. The zero-order valence-corrected chi connectivity index (χ0v) is 18.1. The number of nitrogens with zero attached hydrogens (tertiary/aromatic N) is 1. The Morgan fingerprint density at radius 3 is 2.89 bits per heavy atom. The first kappa shape index (κ1) is 24.4. The van der Waals surface area contributed by atoms with Crippen molar-refractivity contribution in [1.29, 1.82) is 0 Å². The van der Waals surface area contributed by atoms with Crippen molar-refractivity contribution >= 4 is 53.1 Å². The number of anilines is 1. The van der Waals surface area contributed by atoms with Crippen molar-refractivity contribution in [3.63, 3.8) is 0 Å². The lowest BCUT2D eigenvalue weighted by molar-refractivity contribution is -0.120. The highest BCUT2D eigenvalue weighted by atomic mass is 35.5. The van der Waals surface area contributed by atoms with E-state index in [-0.39, 0.29) is 43.0 Å². The lowest BCUT2D eigenvalue weighted by atomic mass is 9.96. The monoisotopic (exact) mass is 448 g/mol. The molecule has 28 heavy (non-hydrogen) atoms. The molecule has 0 bridgehead atoms. The van der Waals surface area contributed by atoms with Crippen LogP contribution in [0.15, 0.2) is 22.1 Å². The second kappa shape index (κ2) is 12.1. The van der Waals surface area contributed by atoms with Gasteiger partial charge in [-0.05, 0) is 51.3 Å². The van der Waals surface area contributed by atoms with Crippen molar-refractivity contribution in [1.82, 2.24) is 15.6 Å². The SMILES string of the molecule is Cc1occc1C(=O)Nc1nc(CC(=O)NCCC2CCCNC2)cs1.Cl.Cl. The van der Waals surface area contributed by atoms with Crippen LogP contribution in [-0.4, -0.2) is 36.4 Å². The number of amides is 2. The molecule has 2 amide bonds. The first-order valence-electron chi connectivity index (χ1n) is 8.89. The standard InChI is InChI=1S/C18H24N4O3S.2ClH/c1-12-15(5-8-25-12)17(24)22-18-21-14(11-26-18)9-16(23)20-7-4-13-3-2-6-19-10-13;;/h5,8,11,13,19H,2-4,6-7,9-10H2,1H3,(H,20,23)(H,21,22,24);2*1H. The minimum absolute atomic E-state index is 0. The molecular weight excluding hydrogens is 423 g/mol. The van der Waals surface area contributed by atoms with Gasteiger partial charge in [0.25, 0.3) is 5.91 Å². The third-order valence-corrected chi connectivity index (χ3v) is 5.30. The Kier molecular flexibility index (Phi) is 10.5. The van der Waals surface area contributed by atoms with Crippen molar-refractivity contribution in [3.8, 4) is 0 Å². The van der Waals surface area contributed by atoms with Crippen LogP contribution in [0, 0.1) is 12.8 Å². The third kappa shape index (κ3) is 7.09. The Balaban J connectivity index is 0.00000196. The summed E-state index contributed by atoms with van der Waals surface area (Å²) >= 11 is 1.31. The lowest BCUT2D eigenvalue weighted by Gasteiger charge is -2.22. The lowest BCUT2D eigenvalue weighted by Crippen LogP contribution is -2.33. The topological polar surface area (TPSA) is 96.3 Å². The molecule has 2 aromatic rings. The highest BCUT2D eigenvalue weighted by Crippen LogP contribution is 2.18. The molecule has 0 aliphatic carbocycles. The van der Waals surface area contributed by atoms with Crippen LogP contribution >= 0.6 is 36.2 Å². The number of thiazole rings is 1. The molecule has 0 saturated carbocycles. The van der Waals surface area contributed by atoms with Crippen LogP contribution in [0.2, 0.25) is 0 Å². The quantitative estimate of drug-likeness (QED) is 0.604. The Bertz CT molecular complexity index is 760. The molecule has 0 aromatic carbocycles. The van der Waals surface area contributed by atoms with Gasteiger partial charge in [-0.1, -0.05) is 0 Å². The molecule has 1 atom stereocenters. The van der Waals surface area contributed by atoms with E-state index >= 15 is 0 Å². The summed E-state index contributed by atoms with van der Waals surface area (Å²) in [6, 6.07) is 1.62. The summed E-state index contributed by atoms with van der Waals surface area (Å²) < 4.78 is 5.13. The summed E-state index contributed by atoms with van der Waals surface area (Å²) in [6.07, 6.45) is 5.14. The van der Waals surface area contributed by atoms with Crippen LogP contribution in [-0.2, 0) is 11.2 Å². The van der Waals surface area contributed by atoms with E-state index in [1.54, 1.807) is 18.4 Å². The van der Waals surface area contributed by atoms with E-state index < -0.39 is 0 Å². The van der Waals surface area contributed by atoms with Gasteiger partial charge in [0.1, 0.15) is 5.76 Å². The zero-order chi connectivity index (χ0) is 18.4. The summed E-state index contributed by atoms with van der Waals surface area (Å²) in [5, 5.41) is 11.3. The molecule has 1 aliphatic heterocycles. The first-order valence-corrected chi connectivity index (χ1v) is 9.77. The van der Waals surface area contributed by atoms with E-state index in [2.05, 4.69) is 20.9 Å². The fourth-order valence-corrected chi connectivity index (χ4v) is 3.75. The maximum absolute atomic E-state index is 12.1. The molecule has 0 radical (unpaired) electrons. The Morgan fingerprint density at radius 1 is 1.39 bits per heavy atom. The van der Waals surface area contributed by atoms with Crippen LogP contribution in [0.3, 0.4) is 0 Å². The first-order chi connectivity index (χ1) is 12.6. The molecule has 0 spiro atoms. The molecule has 1 saturated heterocycles. The van der Waals surface area contributed by atoms with Crippen molar-refractivity contribution in [2.75, 3.05) is 25.0 Å². The summed E-state index contributed by atoms with van der Waals surface area (Å²) in [5.74, 6) is 0.911. The predicted octanol–water partition coefficient (Wildman–Crippen LogP) is 3.19. The molecule has 1 aliphatic rings. The van der Waals surface area contributed by atoms with E-state index in [4.69, 9.17) is 4.42 Å². The average molecular weight is 449 g/mol. The molecule has 3 heterocycles. The number of hydrogen-bond donors (Lipinski definition) is 3. The fraction of sp³-hybridized carbons (Fsp3) is 0.500. The van der Waals surface area contributed by atoms with E-state index in [1.807, 2.05) is 0 Å². The van der Waals surface area contributed by atoms with Gasteiger partial charge in [-0.3, -0.25) is 14.9 Å². The van der Waals surface area contributed by atoms with Gasteiger partial charge in [-0.25, -0.2) is 4.98 Å². The zero-order valence-electron chi connectivity index (χ0n) is 15.7. The van der Waals surface area contributed by atoms with Crippen molar-refractivity contribution in [2.24, 2.45) is 5.92 Å². The van der Waals surface area contributed by atoms with Gasteiger partial charge in [0.15, 0.2) is 5.13 Å². The van der Waals surface area contributed by atoms with Gasteiger partial charge in [-0.15, -0.1) is 36.2 Å². The fourth-order valence-electron chi connectivity index (χ4n) is 3.04. The largest absolute Gasteiger partial charge is 0.469 e. The third-order valence-electron chi connectivity index (χ3n) is 4.49. The highest BCUT2D eigenvalue weighted by Gasteiger charge is 2.15. The van der Waals surface area contributed by atoms with Gasteiger partial charge in [0.2, 0.25) is 5.91 Å². The number of aryl methyl sites for hydroxylation is 1. The van der Waals surface area contributed by atoms with Crippen LogP contribution in [0.5, 0.6) is 0 Å². The van der Waals surface area contributed by atoms with Gasteiger partial charge in [-0.2, -0.15) is 0 Å². The highest BCUT2D eigenvalue weighted by molar-refractivity contribution is 7.14. The second-order valence-electron chi connectivity index (χ2n) is 6.52. The molecule has 10 heteroatoms. The summed E-state index contributed by atoms with van der Waals surface area (Å²) in [5.41, 5.74) is 1.14. The van der Waals surface area contributed by atoms with E-state index in [0.29, 0.717) is 34.6 Å². The van der Waals surface area contributed by atoms with Gasteiger partial charge >= 0.3 is 0 Å². The molecule has 156 valence electrons. The van der Waals surface area contributed by atoms with E-state index in [0.717, 1.165) is 19.5 Å².